The molecule has 0 spiro atoms. The molecule has 4 rings (SSSR count). The van der Waals surface area contributed by atoms with Gasteiger partial charge in [-0.15, -0.1) is 0 Å². The minimum Gasteiger partial charge on any atom is -0.467 e. The summed E-state index contributed by atoms with van der Waals surface area (Å²) < 4.78 is 5.39. The minimum absolute atomic E-state index is 0.0663. The summed E-state index contributed by atoms with van der Waals surface area (Å²) in [6.07, 6.45) is 1.46. The Morgan fingerprint density at radius 1 is 1.00 bits per heavy atom. The van der Waals surface area contributed by atoms with Gasteiger partial charge in [-0.25, -0.2) is 4.90 Å². The predicted molar refractivity (Wildman–Crippen MR) is 117 cm³/mol. The van der Waals surface area contributed by atoms with E-state index in [1.54, 1.807) is 60.7 Å². The average molecular weight is 457 g/mol. The average Bonchev–Trinajstić information content (AvgIpc) is 3.36. The minimum atomic E-state index is -0.923. The Morgan fingerprint density at radius 3 is 2.26 bits per heavy atom. The smallest absolute Gasteiger partial charge is 0.257 e. The Balaban J connectivity index is 1.60. The summed E-state index contributed by atoms with van der Waals surface area (Å²) in [4.78, 5) is 41.6. The molecule has 6 nitrogen and oxygen atoms in total. The molecule has 1 saturated heterocycles. The summed E-state index contributed by atoms with van der Waals surface area (Å²) in [5, 5.41) is 1.07. The van der Waals surface area contributed by atoms with Crippen molar-refractivity contribution in [1.29, 1.82) is 0 Å². The van der Waals surface area contributed by atoms with Gasteiger partial charge in [-0.2, -0.15) is 0 Å². The van der Waals surface area contributed by atoms with Crippen LogP contribution in [0.15, 0.2) is 71.3 Å². The van der Waals surface area contributed by atoms with Gasteiger partial charge in [0.05, 0.1) is 31.3 Å². The van der Waals surface area contributed by atoms with Gasteiger partial charge in [-0.1, -0.05) is 35.3 Å². The van der Waals surface area contributed by atoms with Crippen LogP contribution in [-0.2, 0) is 27.3 Å². The standard InChI is InChI=1S/C23H18Cl2N2O4/c24-16-5-3-15(4-6-16)12-21(28)26(14-19-2-1-11-31-19)20-13-22(29)27(23(20)30)18-9-7-17(25)8-10-18/h1-11,20H,12-14H2. The Hall–Kier alpha value is -3.09. The third-order valence-corrected chi connectivity index (χ3v) is 5.58. The lowest BCUT2D eigenvalue weighted by Gasteiger charge is -2.27. The van der Waals surface area contributed by atoms with Crippen LogP contribution in [0, 0.1) is 0 Å². The van der Waals surface area contributed by atoms with Crippen molar-refractivity contribution in [2.45, 2.75) is 25.4 Å². The van der Waals surface area contributed by atoms with E-state index in [2.05, 4.69) is 0 Å². The lowest BCUT2D eigenvalue weighted by Crippen LogP contribution is -2.45. The Morgan fingerprint density at radius 2 is 1.65 bits per heavy atom. The molecule has 0 saturated carbocycles. The number of anilines is 1. The first kappa shape index (κ1) is 21.2. The van der Waals surface area contributed by atoms with Crippen LogP contribution in [0.5, 0.6) is 0 Å². The second-order valence-corrected chi connectivity index (χ2v) is 8.04. The molecular formula is C23H18Cl2N2O4. The van der Waals surface area contributed by atoms with Crippen molar-refractivity contribution in [2.75, 3.05) is 4.90 Å². The van der Waals surface area contributed by atoms with Gasteiger partial charge in [0.25, 0.3) is 5.91 Å². The molecule has 3 amide bonds. The normalized spacial score (nSPS) is 16.1. The van der Waals surface area contributed by atoms with E-state index in [-0.39, 0.29) is 31.2 Å². The predicted octanol–water partition coefficient (Wildman–Crippen LogP) is 4.49. The number of amides is 3. The maximum atomic E-state index is 13.2. The summed E-state index contributed by atoms with van der Waals surface area (Å²) in [5.74, 6) is -0.595. The quantitative estimate of drug-likeness (QED) is 0.512. The molecule has 0 radical (unpaired) electrons. The van der Waals surface area contributed by atoms with E-state index < -0.39 is 11.9 Å². The number of hydrogen-bond acceptors (Lipinski definition) is 4. The van der Waals surface area contributed by atoms with Crippen LogP contribution < -0.4 is 4.90 Å². The number of carbonyl (C=O) groups excluding carboxylic acids is 3. The van der Waals surface area contributed by atoms with E-state index in [1.165, 1.54) is 11.2 Å². The maximum Gasteiger partial charge on any atom is 0.257 e. The van der Waals surface area contributed by atoms with Gasteiger partial charge in [0.2, 0.25) is 11.8 Å². The van der Waals surface area contributed by atoms with Crippen molar-refractivity contribution >= 4 is 46.6 Å². The number of hydrogen-bond donors (Lipinski definition) is 0. The highest BCUT2D eigenvalue weighted by molar-refractivity contribution is 6.31. The molecule has 1 atom stereocenters. The zero-order valence-corrected chi connectivity index (χ0v) is 17.8. The van der Waals surface area contributed by atoms with Crippen molar-refractivity contribution in [3.8, 4) is 0 Å². The number of rotatable bonds is 6. The third kappa shape index (κ3) is 4.65. The number of furan rings is 1. The van der Waals surface area contributed by atoms with Crippen LogP contribution >= 0.6 is 23.2 Å². The third-order valence-electron chi connectivity index (χ3n) is 5.08. The molecule has 31 heavy (non-hydrogen) atoms. The van der Waals surface area contributed by atoms with Gasteiger partial charge in [0.1, 0.15) is 11.8 Å². The zero-order valence-electron chi connectivity index (χ0n) is 16.3. The number of nitrogens with zero attached hydrogens (tertiary/aromatic N) is 2. The van der Waals surface area contributed by atoms with Crippen LogP contribution in [0.2, 0.25) is 10.0 Å². The summed E-state index contributed by atoms with van der Waals surface area (Å²) >= 11 is 11.8. The zero-order chi connectivity index (χ0) is 22.0. The van der Waals surface area contributed by atoms with Gasteiger partial charge in [-0.3, -0.25) is 14.4 Å². The number of halogens is 2. The highest BCUT2D eigenvalue weighted by Gasteiger charge is 2.44. The van der Waals surface area contributed by atoms with Crippen molar-refractivity contribution in [2.24, 2.45) is 0 Å². The van der Waals surface area contributed by atoms with Gasteiger partial charge < -0.3 is 9.32 Å². The second kappa shape index (κ2) is 8.96. The Bertz CT molecular complexity index is 1100. The molecule has 8 heteroatoms. The molecular weight excluding hydrogens is 439 g/mol. The molecule has 1 aliphatic heterocycles. The Labute approximate surface area is 188 Å². The van der Waals surface area contributed by atoms with Crippen LogP contribution in [0.4, 0.5) is 5.69 Å². The van der Waals surface area contributed by atoms with E-state index in [0.717, 1.165) is 10.5 Å². The van der Waals surface area contributed by atoms with Crippen LogP contribution in [-0.4, -0.2) is 28.7 Å². The fraction of sp³-hybridized carbons (Fsp3) is 0.174. The molecule has 1 fully saturated rings. The molecule has 158 valence electrons. The molecule has 0 N–H and O–H groups in total. The van der Waals surface area contributed by atoms with Crippen LogP contribution in [0.1, 0.15) is 17.7 Å². The number of benzene rings is 2. The number of imide groups is 1. The molecule has 2 aromatic carbocycles. The van der Waals surface area contributed by atoms with Gasteiger partial charge in [0.15, 0.2) is 0 Å². The largest absolute Gasteiger partial charge is 0.467 e. The fourth-order valence-electron chi connectivity index (χ4n) is 3.54. The highest BCUT2D eigenvalue weighted by Crippen LogP contribution is 2.28. The molecule has 0 aliphatic carbocycles. The summed E-state index contributed by atoms with van der Waals surface area (Å²) in [6, 6.07) is 15.8. The first-order chi connectivity index (χ1) is 14.9. The Kier molecular flexibility index (Phi) is 6.11. The van der Waals surface area contributed by atoms with Gasteiger partial charge >= 0.3 is 0 Å². The van der Waals surface area contributed by atoms with Crippen LogP contribution in [0.25, 0.3) is 0 Å². The molecule has 1 aliphatic rings. The molecule has 1 aromatic heterocycles. The SMILES string of the molecule is O=C1CC(N(Cc2ccco2)C(=O)Cc2ccc(Cl)cc2)C(=O)N1c1ccc(Cl)cc1. The van der Waals surface area contributed by atoms with Gasteiger partial charge in [-0.05, 0) is 54.1 Å². The molecule has 3 aromatic rings. The summed E-state index contributed by atoms with van der Waals surface area (Å²) in [7, 11) is 0. The molecule has 1 unspecified atom stereocenters. The van der Waals surface area contributed by atoms with E-state index in [9.17, 15) is 14.4 Å². The first-order valence-corrected chi connectivity index (χ1v) is 10.4. The van der Waals surface area contributed by atoms with E-state index >= 15 is 0 Å². The van der Waals surface area contributed by atoms with Crippen molar-refractivity contribution in [3.63, 3.8) is 0 Å². The number of carbonyl (C=O) groups is 3. The second-order valence-electron chi connectivity index (χ2n) is 7.17. The first-order valence-electron chi connectivity index (χ1n) is 9.61. The molecule has 0 bridgehead atoms. The summed E-state index contributed by atoms with van der Waals surface area (Å²) in [6.45, 7) is 0.0809. The van der Waals surface area contributed by atoms with Gasteiger partial charge in [0, 0.05) is 10.0 Å². The molecule has 2 heterocycles. The lowest BCUT2D eigenvalue weighted by atomic mass is 10.1. The van der Waals surface area contributed by atoms with Crippen LogP contribution in [0.3, 0.4) is 0 Å². The van der Waals surface area contributed by atoms with E-state index in [4.69, 9.17) is 27.6 Å². The monoisotopic (exact) mass is 456 g/mol. The highest BCUT2D eigenvalue weighted by atomic mass is 35.5. The maximum absolute atomic E-state index is 13.2. The van der Waals surface area contributed by atoms with E-state index in [0.29, 0.717) is 21.5 Å². The summed E-state index contributed by atoms with van der Waals surface area (Å²) in [5.41, 5.74) is 1.18. The lowest BCUT2D eigenvalue weighted by molar-refractivity contribution is -0.138. The topological polar surface area (TPSA) is 70.8 Å². The van der Waals surface area contributed by atoms with Crippen molar-refractivity contribution in [1.82, 2.24) is 4.90 Å². The fourth-order valence-corrected chi connectivity index (χ4v) is 3.79. The van der Waals surface area contributed by atoms with Crippen molar-refractivity contribution < 1.29 is 18.8 Å². The van der Waals surface area contributed by atoms with Crippen molar-refractivity contribution in [3.05, 3.63) is 88.3 Å². The van der Waals surface area contributed by atoms with E-state index in [1.807, 2.05) is 0 Å².